The summed E-state index contributed by atoms with van der Waals surface area (Å²) < 4.78 is 0. The van der Waals surface area contributed by atoms with E-state index in [1.54, 1.807) is 6.20 Å². The number of allylic oxidation sites excluding steroid dienone is 3. The third-order valence-electron chi connectivity index (χ3n) is 4.29. The summed E-state index contributed by atoms with van der Waals surface area (Å²) in [7, 11) is 0. The Hall–Kier alpha value is -2.46. The van der Waals surface area contributed by atoms with Crippen molar-refractivity contribution < 1.29 is 0 Å². The van der Waals surface area contributed by atoms with Crippen LogP contribution in [0.25, 0.3) is 27.9 Å². The van der Waals surface area contributed by atoms with Gasteiger partial charge in [-0.25, -0.2) is 4.98 Å². The summed E-state index contributed by atoms with van der Waals surface area (Å²) in [5.41, 5.74) is 5.41. The average molecular weight is 315 g/mol. The van der Waals surface area contributed by atoms with Crippen LogP contribution in [-0.4, -0.2) is 20.2 Å². The van der Waals surface area contributed by atoms with Crippen molar-refractivity contribution >= 4 is 28.2 Å². The molecule has 0 bridgehead atoms. The first kappa shape index (κ1) is 13.0. The number of nitrogens with zero attached hydrogens (tertiary/aromatic N) is 3. The minimum atomic E-state index is 0.520. The maximum Gasteiger partial charge on any atom is 0.105 e. The predicted octanol–water partition coefficient (Wildman–Crippen LogP) is 4.51. The molecule has 0 saturated carbocycles. The van der Waals surface area contributed by atoms with Crippen LogP contribution in [0.5, 0.6) is 0 Å². The molecule has 0 radical (unpaired) electrons. The molecule has 3 aromatic rings. The summed E-state index contributed by atoms with van der Waals surface area (Å²) in [5.74, 6) is 0. The van der Waals surface area contributed by atoms with Crippen LogP contribution < -0.4 is 0 Å². The van der Waals surface area contributed by atoms with Crippen LogP contribution in [0, 0.1) is 0 Å². The lowest BCUT2D eigenvalue weighted by Crippen LogP contribution is -2.00. The van der Waals surface area contributed by atoms with Crippen molar-refractivity contribution in [3.63, 3.8) is 0 Å². The highest BCUT2D eigenvalue weighted by Crippen LogP contribution is 2.47. The SMILES string of the molecule is C1=CCC2Sc3nc(-c4cc5cccnc5cn4)ccc3C2=C1. The predicted molar refractivity (Wildman–Crippen MR) is 94.1 cm³/mol. The van der Waals surface area contributed by atoms with Crippen LogP contribution in [0.15, 0.2) is 66.0 Å². The summed E-state index contributed by atoms with van der Waals surface area (Å²) >= 11 is 1.86. The molecule has 1 unspecified atom stereocenters. The van der Waals surface area contributed by atoms with Gasteiger partial charge < -0.3 is 0 Å². The van der Waals surface area contributed by atoms with Crippen LogP contribution in [-0.2, 0) is 0 Å². The standard InChI is InChI=1S/C19H13N3S/c1-2-6-18-13(5-1)14-7-8-15(22-19(14)23-18)16-10-12-4-3-9-20-17(12)11-21-16/h1-5,7-11,18H,6H2. The molecule has 23 heavy (non-hydrogen) atoms. The van der Waals surface area contributed by atoms with Gasteiger partial charge in [0.2, 0.25) is 0 Å². The highest BCUT2D eigenvalue weighted by Gasteiger charge is 2.29. The molecule has 1 aliphatic carbocycles. The third kappa shape index (κ3) is 2.10. The van der Waals surface area contributed by atoms with Crippen molar-refractivity contribution in [1.29, 1.82) is 0 Å². The van der Waals surface area contributed by atoms with Crippen molar-refractivity contribution in [2.75, 3.05) is 0 Å². The molecule has 1 atom stereocenters. The molecule has 4 heteroatoms. The van der Waals surface area contributed by atoms with Gasteiger partial charge in [-0.15, -0.1) is 0 Å². The molecule has 3 aromatic heterocycles. The quantitative estimate of drug-likeness (QED) is 0.662. The van der Waals surface area contributed by atoms with Gasteiger partial charge in [0, 0.05) is 22.4 Å². The second-order valence-corrected chi connectivity index (χ2v) is 6.90. The van der Waals surface area contributed by atoms with E-state index >= 15 is 0 Å². The van der Waals surface area contributed by atoms with E-state index in [-0.39, 0.29) is 0 Å². The fraction of sp³-hybridized carbons (Fsp3) is 0.105. The monoisotopic (exact) mass is 315 g/mol. The smallest absolute Gasteiger partial charge is 0.105 e. The molecule has 110 valence electrons. The van der Waals surface area contributed by atoms with E-state index < -0.39 is 0 Å². The molecule has 1 aliphatic heterocycles. The van der Waals surface area contributed by atoms with E-state index in [9.17, 15) is 0 Å². The van der Waals surface area contributed by atoms with Crippen molar-refractivity contribution in [1.82, 2.24) is 15.0 Å². The Bertz CT molecular complexity index is 991. The summed E-state index contributed by atoms with van der Waals surface area (Å²) in [6.45, 7) is 0. The maximum atomic E-state index is 4.87. The Morgan fingerprint density at radius 1 is 1.09 bits per heavy atom. The van der Waals surface area contributed by atoms with Crippen LogP contribution >= 0.6 is 11.8 Å². The molecule has 0 spiro atoms. The molecule has 0 saturated heterocycles. The summed E-state index contributed by atoms with van der Waals surface area (Å²) in [4.78, 5) is 13.7. The molecular weight excluding hydrogens is 302 g/mol. The maximum absolute atomic E-state index is 4.87. The fourth-order valence-corrected chi connectivity index (χ4v) is 4.40. The van der Waals surface area contributed by atoms with Gasteiger partial charge >= 0.3 is 0 Å². The van der Waals surface area contributed by atoms with Crippen molar-refractivity contribution in [3.8, 4) is 11.4 Å². The molecule has 0 amide bonds. The van der Waals surface area contributed by atoms with Crippen LogP contribution in [0.4, 0.5) is 0 Å². The molecule has 0 N–H and O–H groups in total. The zero-order valence-electron chi connectivity index (χ0n) is 12.3. The Balaban J connectivity index is 1.60. The van der Waals surface area contributed by atoms with E-state index in [2.05, 4.69) is 52.5 Å². The Labute approximate surface area is 138 Å². The van der Waals surface area contributed by atoms with E-state index in [1.807, 2.05) is 24.0 Å². The van der Waals surface area contributed by atoms with Gasteiger partial charge in [0.15, 0.2) is 0 Å². The molecule has 5 rings (SSSR count). The van der Waals surface area contributed by atoms with E-state index in [4.69, 9.17) is 4.98 Å². The normalized spacial score (nSPS) is 18.6. The fourth-order valence-electron chi connectivity index (χ4n) is 3.13. The van der Waals surface area contributed by atoms with Gasteiger partial charge in [-0.2, -0.15) is 0 Å². The van der Waals surface area contributed by atoms with Crippen LogP contribution in [0.1, 0.15) is 12.0 Å². The number of hydrogen-bond donors (Lipinski definition) is 0. The van der Waals surface area contributed by atoms with Gasteiger partial charge in [-0.1, -0.05) is 36.1 Å². The third-order valence-corrected chi connectivity index (χ3v) is 5.55. The lowest BCUT2D eigenvalue weighted by molar-refractivity contribution is 1.09. The van der Waals surface area contributed by atoms with E-state index in [0.29, 0.717) is 5.25 Å². The Kier molecular flexibility index (Phi) is 2.85. The second kappa shape index (κ2) is 5.03. The number of thioether (sulfide) groups is 1. The topological polar surface area (TPSA) is 38.7 Å². The molecule has 0 aromatic carbocycles. The molecule has 4 heterocycles. The van der Waals surface area contributed by atoms with Crippen LogP contribution in [0.2, 0.25) is 0 Å². The zero-order chi connectivity index (χ0) is 15.2. The highest BCUT2D eigenvalue weighted by atomic mass is 32.2. The van der Waals surface area contributed by atoms with Gasteiger partial charge in [-0.05, 0) is 36.3 Å². The molecule has 2 aliphatic rings. The number of rotatable bonds is 1. The first-order valence-corrected chi connectivity index (χ1v) is 8.52. The van der Waals surface area contributed by atoms with Crippen molar-refractivity contribution in [3.05, 3.63) is 66.5 Å². The number of hydrogen-bond acceptors (Lipinski definition) is 4. The average Bonchev–Trinajstić information content (AvgIpc) is 2.99. The largest absolute Gasteiger partial charge is 0.255 e. The van der Waals surface area contributed by atoms with E-state index in [1.165, 1.54) is 11.1 Å². The summed E-state index contributed by atoms with van der Waals surface area (Å²) in [6.07, 6.45) is 11.3. The molecular formula is C19H13N3S. The number of fused-ring (bicyclic) bond motifs is 4. The van der Waals surface area contributed by atoms with Gasteiger partial charge in [0.1, 0.15) is 5.03 Å². The van der Waals surface area contributed by atoms with Crippen LogP contribution in [0.3, 0.4) is 0 Å². The van der Waals surface area contributed by atoms with Crippen molar-refractivity contribution in [2.45, 2.75) is 16.7 Å². The molecule has 0 fully saturated rings. The second-order valence-electron chi connectivity index (χ2n) is 5.71. The summed E-state index contributed by atoms with van der Waals surface area (Å²) in [6, 6.07) is 10.3. The van der Waals surface area contributed by atoms with Gasteiger partial charge in [0.05, 0.1) is 23.1 Å². The first-order chi connectivity index (χ1) is 11.4. The molecule has 3 nitrogen and oxygen atoms in total. The summed E-state index contributed by atoms with van der Waals surface area (Å²) in [5, 5.41) is 2.73. The lowest BCUT2D eigenvalue weighted by atomic mass is 9.98. The van der Waals surface area contributed by atoms with Gasteiger partial charge in [0.25, 0.3) is 0 Å². The highest BCUT2D eigenvalue weighted by molar-refractivity contribution is 8.00. The Morgan fingerprint density at radius 3 is 3.09 bits per heavy atom. The number of aromatic nitrogens is 3. The van der Waals surface area contributed by atoms with Gasteiger partial charge in [-0.3, -0.25) is 9.97 Å². The lowest BCUT2D eigenvalue weighted by Gasteiger charge is -2.10. The Morgan fingerprint density at radius 2 is 2.09 bits per heavy atom. The minimum Gasteiger partial charge on any atom is -0.255 e. The zero-order valence-corrected chi connectivity index (χ0v) is 13.1. The van der Waals surface area contributed by atoms with E-state index in [0.717, 1.165) is 33.7 Å². The van der Waals surface area contributed by atoms with Crippen molar-refractivity contribution in [2.24, 2.45) is 0 Å². The number of pyridine rings is 3. The minimum absolute atomic E-state index is 0.520. The first-order valence-electron chi connectivity index (χ1n) is 7.64.